The summed E-state index contributed by atoms with van der Waals surface area (Å²) in [5.41, 5.74) is -1.33. The van der Waals surface area contributed by atoms with Gasteiger partial charge >= 0.3 is 18.5 Å². The quantitative estimate of drug-likeness (QED) is 0.270. The van der Waals surface area contributed by atoms with Crippen LogP contribution in [0.15, 0.2) is 30.3 Å². The van der Waals surface area contributed by atoms with Crippen LogP contribution in [-0.4, -0.2) is 25.7 Å². The SMILES string of the molecule is CC1CCC(C2COC(c3ccc(C4CCC(C(F)(F)Oc5cc(F)c(C(F)(F)C(F)F)c(F)c5)CC4)c(F)c3)OC2)CC1. The summed E-state index contributed by atoms with van der Waals surface area (Å²) in [4.78, 5) is 0. The summed E-state index contributed by atoms with van der Waals surface area (Å²) in [6.07, 6.45) is -4.25. The first-order chi connectivity index (χ1) is 20.8. The molecule has 2 aromatic rings. The first-order valence-corrected chi connectivity index (χ1v) is 15.0. The molecular weight excluding hydrogens is 603 g/mol. The van der Waals surface area contributed by atoms with Crippen molar-refractivity contribution in [3.63, 3.8) is 0 Å². The molecule has 1 aliphatic heterocycles. The summed E-state index contributed by atoms with van der Waals surface area (Å²) in [7, 11) is 0. The highest BCUT2D eigenvalue weighted by Gasteiger charge is 2.48. The van der Waals surface area contributed by atoms with Gasteiger partial charge in [0.1, 0.15) is 23.2 Å². The lowest BCUT2D eigenvalue weighted by Gasteiger charge is -2.37. The Morgan fingerprint density at radius 1 is 0.750 bits per heavy atom. The molecule has 0 N–H and O–H groups in total. The number of rotatable bonds is 8. The molecule has 3 aliphatic rings. The number of benzene rings is 2. The minimum Gasteiger partial charge on any atom is -0.432 e. The van der Waals surface area contributed by atoms with Crippen LogP contribution in [0.4, 0.5) is 39.5 Å². The second-order valence-corrected chi connectivity index (χ2v) is 12.5. The molecule has 3 nitrogen and oxygen atoms in total. The molecule has 0 atom stereocenters. The van der Waals surface area contributed by atoms with Crippen LogP contribution in [0.3, 0.4) is 0 Å². The Morgan fingerprint density at radius 3 is 1.89 bits per heavy atom. The molecule has 1 heterocycles. The van der Waals surface area contributed by atoms with Crippen molar-refractivity contribution < 1.29 is 53.7 Å². The second kappa shape index (κ2) is 13.1. The Morgan fingerprint density at radius 2 is 1.34 bits per heavy atom. The van der Waals surface area contributed by atoms with Gasteiger partial charge in [-0.15, -0.1) is 0 Å². The molecule has 0 spiro atoms. The number of ether oxygens (including phenoxy) is 3. The molecule has 0 aromatic heterocycles. The normalized spacial score (nSPS) is 28.7. The lowest BCUT2D eigenvalue weighted by atomic mass is 9.76. The Balaban J connectivity index is 1.16. The Kier molecular flexibility index (Phi) is 9.80. The van der Waals surface area contributed by atoms with E-state index in [-0.39, 0.29) is 43.7 Å². The van der Waals surface area contributed by atoms with Crippen LogP contribution in [0.5, 0.6) is 5.75 Å². The molecule has 1 saturated heterocycles. The van der Waals surface area contributed by atoms with Gasteiger partial charge < -0.3 is 14.2 Å². The Bertz CT molecular complexity index is 1260. The van der Waals surface area contributed by atoms with Crippen LogP contribution in [0.1, 0.15) is 87.2 Å². The van der Waals surface area contributed by atoms with Crippen LogP contribution in [0.25, 0.3) is 0 Å². The van der Waals surface area contributed by atoms with E-state index in [1.54, 1.807) is 12.1 Å². The van der Waals surface area contributed by atoms with Gasteiger partial charge in [0.2, 0.25) is 0 Å². The minimum absolute atomic E-state index is 0.0293. The number of hydrogen-bond donors (Lipinski definition) is 0. The summed E-state index contributed by atoms with van der Waals surface area (Å²) in [5.74, 6) is -11.2. The fourth-order valence-electron chi connectivity index (χ4n) is 6.78. The monoisotopic (exact) mass is 638 g/mol. The molecular formula is C32H35F9O3. The van der Waals surface area contributed by atoms with E-state index >= 15 is 4.39 Å². The molecule has 0 bridgehead atoms. The van der Waals surface area contributed by atoms with Crippen molar-refractivity contribution in [2.24, 2.45) is 23.7 Å². The van der Waals surface area contributed by atoms with Crippen molar-refractivity contribution in [1.29, 1.82) is 0 Å². The highest BCUT2D eigenvalue weighted by molar-refractivity contribution is 5.34. The van der Waals surface area contributed by atoms with Crippen LogP contribution >= 0.6 is 0 Å². The molecule has 5 rings (SSSR count). The van der Waals surface area contributed by atoms with Crippen molar-refractivity contribution in [1.82, 2.24) is 0 Å². The topological polar surface area (TPSA) is 27.7 Å². The van der Waals surface area contributed by atoms with Crippen LogP contribution in [0.2, 0.25) is 0 Å². The van der Waals surface area contributed by atoms with E-state index < -0.39 is 59.4 Å². The molecule has 0 amide bonds. The standard InChI is InChI=1S/C32H35F9O3/c1-17-2-4-18(5-3-17)21-15-42-29(43-16-21)20-8-11-24(25(33)12-20)19-6-9-22(10-7-19)32(40,41)44-23-13-26(34)28(27(35)14-23)31(38,39)30(36)37/h8,11-14,17-19,21-22,29-30H,2-7,9-10,15-16H2,1H3. The van der Waals surface area contributed by atoms with Gasteiger partial charge in [0.05, 0.1) is 24.7 Å². The maximum absolute atomic E-state index is 15.2. The second-order valence-electron chi connectivity index (χ2n) is 12.5. The lowest BCUT2D eigenvalue weighted by Crippen LogP contribution is -2.37. The predicted octanol–water partition coefficient (Wildman–Crippen LogP) is 9.89. The third-order valence-corrected chi connectivity index (χ3v) is 9.47. The van der Waals surface area contributed by atoms with Crippen molar-refractivity contribution >= 4 is 0 Å². The van der Waals surface area contributed by atoms with Gasteiger partial charge in [0.15, 0.2) is 6.29 Å². The van der Waals surface area contributed by atoms with E-state index in [2.05, 4.69) is 11.7 Å². The number of alkyl halides is 6. The summed E-state index contributed by atoms with van der Waals surface area (Å²) in [6.45, 7) is 3.35. The summed E-state index contributed by atoms with van der Waals surface area (Å²) in [5, 5.41) is 0. The van der Waals surface area contributed by atoms with Crippen molar-refractivity contribution in [2.45, 2.75) is 89.0 Å². The largest absolute Gasteiger partial charge is 0.432 e. The predicted molar refractivity (Wildman–Crippen MR) is 142 cm³/mol. The molecule has 44 heavy (non-hydrogen) atoms. The first-order valence-electron chi connectivity index (χ1n) is 15.0. The maximum atomic E-state index is 15.2. The molecule has 3 fully saturated rings. The third-order valence-electron chi connectivity index (χ3n) is 9.47. The Hall–Kier alpha value is -2.47. The molecule has 2 aliphatic carbocycles. The maximum Gasteiger partial charge on any atom is 0.400 e. The van der Waals surface area contributed by atoms with Crippen molar-refractivity contribution in [3.8, 4) is 5.75 Å². The number of halogens is 9. The molecule has 2 saturated carbocycles. The molecule has 0 unspecified atom stereocenters. The summed E-state index contributed by atoms with van der Waals surface area (Å²) in [6, 6.07) is 4.72. The van der Waals surface area contributed by atoms with Gasteiger partial charge in [0.25, 0.3) is 0 Å². The minimum atomic E-state index is -5.16. The smallest absolute Gasteiger partial charge is 0.400 e. The van der Waals surface area contributed by atoms with Gasteiger partial charge in [-0.1, -0.05) is 31.9 Å². The molecule has 12 heteroatoms. The van der Waals surface area contributed by atoms with Gasteiger partial charge in [-0.05, 0) is 67.9 Å². The van der Waals surface area contributed by atoms with E-state index in [9.17, 15) is 35.1 Å². The fourth-order valence-corrected chi connectivity index (χ4v) is 6.78. The van der Waals surface area contributed by atoms with Gasteiger partial charge in [0, 0.05) is 23.6 Å². The molecule has 244 valence electrons. The van der Waals surface area contributed by atoms with Gasteiger partial charge in [-0.3, -0.25) is 0 Å². The van der Waals surface area contributed by atoms with Crippen molar-refractivity contribution in [2.75, 3.05) is 13.2 Å². The molecule has 0 radical (unpaired) electrons. The fraction of sp³-hybridized carbons (Fsp3) is 0.625. The average molecular weight is 639 g/mol. The lowest BCUT2D eigenvalue weighted by molar-refractivity contribution is -0.222. The van der Waals surface area contributed by atoms with Gasteiger partial charge in [-0.2, -0.15) is 17.6 Å². The van der Waals surface area contributed by atoms with Crippen molar-refractivity contribution in [3.05, 3.63) is 64.5 Å². The van der Waals surface area contributed by atoms with E-state index in [4.69, 9.17) is 9.47 Å². The van der Waals surface area contributed by atoms with Crippen LogP contribution < -0.4 is 4.74 Å². The van der Waals surface area contributed by atoms with E-state index in [0.717, 1.165) is 18.8 Å². The average Bonchev–Trinajstić information content (AvgIpc) is 2.97. The summed E-state index contributed by atoms with van der Waals surface area (Å²) < 4.78 is 142. The third kappa shape index (κ3) is 7.00. The van der Waals surface area contributed by atoms with Gasteiger partial charge in [-0.25, -0.2) is 22.0 Å². The number of hydrogen-bond acceptors (Lipinski definition) is 3. The molecule has 2 aromatic carbocycles. The zero-order valence-corrected chi connectivity index (χ0v) is 24.1. The van der Waals surface area contributed by atoms with Crippen LogP contribution in [-0.2, 0) is 15.4 Å². The highest BCUT2D eigenvalue weighted by atomic mass is 19.3. The van der Waals surface area contributed by atoms with E-state index in [1.165, 1.54) is 18.9 Å². The van der Waals surface area contributed by atoms with E-state index in [0.29, 0.717) is 36.2 Å². The zero-order chi connectivity index (χ0) is 31.8. The van der Waals surface area contributed by atoms with Crippen LogP contribution in [0, 0.1) is 41.1 Å². The Labute approximate surface area is 250 Å². The summed E-state index contributed by atoms with van der Waals surface area (Å²) >= 11 is 0. The van der Waals surface area contributed by atoms with E-state index in [1.807, 2.05) is 0 Å². The highest BCUT2D eigenvalue weighted by Crippen LogP contribution is 2.45. The first kappa shape index (κ1) is 32.9. The zero-order valence-electron chi connectivity index (χ0n) is 24.1.